The van der Waals surface area contributed by atoms with E-state index in [4.69, 9.17) is 14.5 Å². The van der Waals surface area contributed by atoms with Gasteiger partial charge in [-0.1, -0.05) is 0 Å². The molecule has 1 aromatic heterocycles. The first-order chi connectivity index (χ1) is 9.61. The fourth-order valence-corrected chi connectivity index (χ4v) is 2.29. The smallest absolute Gasteiger partial charge is 0.361 e. The van der Waals surface area contributed by atoms with E-state index in [1.165, 1.54) is 6.92 Å². The first kappa shape index (κ1) is 15.7. The summed E-state index contributed by atoms with van der Waals surface area (Å²) in [4.78, 5) is 42.7. The van der Waals surface area contributed by atoms with Gasteiger partial charge < -0.3 is 24.7 Å². The SMILES string of the molecule is Cc1cn([C@@H]2OC(C(O)P(=O)(O)O)=C[C@H]2O)c(=O)[nH]c1=O. The van der Waals surface area contributed by atoms with E-state index in [1.807, 2.05) is 4.98 Å². The van der Waals surface area contributed by atoms with Gasteiger partial charge in [-0.05, 0) is 13.0 Å². The minimum atomic E-state index is -4.87. The highest BCUT2D eigenvalue weighted by Crippen LogP contribution is 2.46. The summed E-state index contributed by atoms with van der Waals surface area (Å²) in [7, 11) is -4.87. The van der Waals surface area contributed by atoms with E-state index in [1.54, 1.807) is 0 Å². The summed E-state index contributed by atoms with van der Waals surface area (Å²) in [6.07, 6.45) is -0.745. The highest BCUT2D eigenvalue weighted by molar-refractivity contribution is 7.52. The van der Waals surface area contributed by atoms with Crippen LogP contribution in [-0.4, -0.2) is 41.5 Å². The van der Waals surface area contributed by atoms with E-state index in [0.29, 0.717) is 0 Å². The van der Waals surface area contributed by atoms with Crippen LogP contribution in [0, 0.1) is 6.92 Å². The van der Waals surface area contributed by atoms with Gasteiger partial charge >= 0.3 is 13.3 Å². The fourth-order valence-electron chi connectivity index (χ4n) is 1.81. The molecule has 3 atom stereocenters. The Morgan fingerprint density at radius 2 is 2.05 bits per heavy atom. The van der Waals surface area contributed by atoms with Crippen LogP contribution >= 0.6 is 7.60 Å². The second-order valence-electron chi connectivity index (χ2n) is 4.51. The lowest BCUT2D eigenvalue weighted by Crippen LogP contribution is -2.36. The van der Waals surface area contributed by atoms with Crippen molar-refractivity contribution in [3.63, 3.8) is 0 Å². The third-order valence-corrected chi connectivity index (χ3v) is 3.77. The molecule has 1 unspecified atom stereocenters. The van der Waals surface area contributed by atoms with Gasteiger partial charge in [-0.15, -0.1) is 0 Å². The first-order valence-corrected chi connectivity index (χ1v) is 7.41. The van der Waals surface area contributed by atoms with E-state index >= 15 is 0 Å². The Morgan fingerprint density at radius 3 is 2.62 bits per heavy atom. The third-order valence-electron chi connectivity index (χ3n) is 2.88. The van der Waals surface area contributed by atoms with Crippen LogP contribution in [0.1, 0.15) is 11.8 Å². The summed E-state index contributed by atoms with van der Waals surface area (Å²) in [6, 6.07) is 0. The summed E-state index contributed by atoms with van der Waals surface area (Å²) in [6.45, 7) is 1.43. The van der Waals surface area contributed by atoms with Gasteiger partial charge in [0.25, 0.3) is 5.56 Å². The van der Waals surface area contributed by atoms with Crippen molar-refractivity contribution in [2.75, 3.05) is 0 Å². The van der Waals surface area contributed by atoms with Crippen LogP contribution in [0.5, 0.6) is 0 Å². The van der Waals surface area contributed by atoms with Crippen LogP contribution in [-0.2, 0) is 9.30 Å². The molecule has 11 heteroatoms. The molecule has 0 fully saturated rings. The van der Waals surface area contributed by atoms with Gasteiger partial charge in [0.15, 0.2) is 0 Å². The van der Waals surface area contributed by atoms with Crippen LogP contribution in [0.4, 0.5) is 0 Å². The van der Waals surface area contributed by atoms with Crippen LogP contribution in [0.15, 0.2) is 27.6 Å². The zero-order chi connectivity index (χ0) is 15.9. The van der Waals surface area contributed by atoms with Crippen molar-refractivity contribution in [2.24, 2.45) is 0 Å². The molecule has 0 aromatic carbocycles. The molecule has 0 saturated carbocycles. The molecule has 116 valence electrons. The van der Waals surface area contributed by atoms with Crippen molar-refractivity contribution >= 4 is 7.60 Å². The average Bonchev–Trinajstić information content (AvgIpc) is 2.73. The van der Waals surface area contributed by atoms with Crippen molar-refractivity contribution in [1.29, 1.82) is 0 Å². The molecule has 0 aliphatic carbocycles. The van der Waals surface area contributed by atoms with E-state index in [9.17, 15) is 24.4 Å². The Labute approximate surface area is 117 Å². The fraction of sp³-hybridized carbons (Fsp3) is 0.400. The lowest BCUT2D eigenvalue weighted by molar-refractivity contribution is -0.0160. The van der Waals surface area contributed by atoms with E-state index < -0.39 is 42.8 Å². The number of aliphatic hydroxyl groups is 2. The largest absolute Gasteiger partial charge is 0.468 e. The molecule has 2 rings (SSSR count). The number of rotatable bonds is 3. The standard InChI is InChI=1S/C10H13N2O8P/c1-4-3-12(10(16)11-7(4)14)8-5(13)2-6(20-8)9(15)21(17,18)19/h2-3,5,8-9,13,15H,1H3,(H,11,14,16)(H2,17,18,19)/t5-,8-,9?/m1/s1. The number of aryl methyl sites for hydroxylation is 1. The number of aliphatic hydroxyl groups excluding tert-OH is 2. The molecule has 10 nitrogen and oxygen atoms in total. The van der Waals surface area contributed by atoms with Crippen LogP contribution < -0.4 is 11.2 Å². The van der Waals surface area contributed by atoms with Crippen LogP contribution in [0.25, 0.3) is 0 Å². The van der Waals surface area contributed by atoms with Gasteiger partial charge in [0, 0.05) is 11.8 Å². The van der Waals surface area contributed by atoms with Crippen molar-refractivity contribution in [3.8, 4) is 0 Å². The number of nitrogens with one attached hydrogen (secondary N) is 1. The summed E-state index contributed by atoms with van der Waals surface area (Å²) in [5.74, 6) is -2.78. The van der Waals surface area contributed by atoms with Crippen molar-refractivity contribution < 1.29 is 29.3 Å². The van der Waals surface area contributed by atoms with Gasteiger partial charge in [0.2, 0.25) is 12.1 Å². The number of hydrogen-bond donors (Lipinski definition) is 5. The van der Waals surface area contributed by atoms with Crippen molar-refractivity contribution in [2.45, 2.75) is 25.1 Å². The maximum Gasteiger partial charge on any atom is 0.361 e. The molecule has 1 aromatic rings. The predicted octanol–water partition coefficient (Wildman–Crippen LogP) is -1.89. The Hall–Kier alpha value is -1.71. The molecule has 0 amide bonds. The number of H-pyrrole nitrogens is 1. The average molecular weight is 320 g/mol. The number of ether oxygens (including phenoxy) is 1. The van der Waals surface area contributed by atoms with E-state index in [2.05, 4.69) is 0 Å². The quantitative estimate of drug-likeness (QED) is 0.404. The highest BCUT2D eigenvalue weighted by atomic mass is 31.2. The number of aromatic amines is 1. The molecule has 1 aliphatic rings. The number of hydrogen-bond acceptors (Lipinski definition) is 6. The Morgan fingerprint density at radius 1 is 1.43 bits per heavy atom. The number of nitrogens with zero attached hydrogens (tertiary/aromatic N) is 1. The molecule has 2 heterocycles. The summed E-state index contributed by atoms with van der Waals surface area (Å²) in [5.41, 5.74) is -1.29. The van der Waals surface area contributed by atoms with Gasteiger partial charge in [0.1, 0.15) is 11.9 Å². The summed E-state index contributed by atoms with van der Waals surface area (Å²) < 4.78 is 16.9. The van der Waals surface area contributed by atoms with Gasteiger partial charge in [-0.3, -0.25) is 18.9 Å². The van der Waals surface area contributed by atoms with Crippen molar-refractivity contribution in [3.05, 3.63) is 44.4 Å². The second kappa shape index (κ2) is 5.24. The summed E-state index contributed by atoms with van der Waals surface area (Å²) in [5, 5.41) is 19.2. The molecule has 5 N–H and O–H groups in total. The molecule has 0 saturated heterocycles. The van der Waals surface area contributed by atoms with Crippen molar-refractivity contribution in [1.82, 2.24) is 9.55 Å². The molecular formula is C10H13N2O8P. The highest BCUT2D eigenvalue weighted by Gasteiger charge is 2.39. The van der Waals surface area contributed by atoms with E-state index in [0.717, 1.165) is 16.8 Å². The normalized spacial score (nSPS) is 23.6. The molecule has 0 spiro atoms. The molecule has 21 heavy (non-hydrogen) atoms. The summed E-state index contributed by atoms with van der Waals surface area (Å²) >= 11 is 0. The van der Waals surface area contributed by atoms with Gasteiger partial charge in [-0.25, -0.2) is 4.79 Å². The predicted molar refractivity (Wildman–Crippen MR) is 68.3 cm³/mol. The first-order valence-electron chi connectivity index (χ1n) is 5.73. The third kappa shape index (κ3) is 2.99. The van der Waals surface area contributed by atoms with E-state index in [-0.39, 0.29) is 5.56 Å². The zero-order valence-corrected chi connectivity index (χ0v) is 11.6. The Balaban J connectivity index is 2.35. The second-order valence-corrected chi connectivity index (χ2v) is 6.18. The molecule has 0 bridgehead atoms. The Kier molecular flexibility index (Phi) is 3.91. The molecule has 1 aliphatic heterocycles. The van der Waals surface area contributed by atoms with Crippen LogP contribution in [0.2, 0.25) is 0 Å². The van der Waals surface area contributed by atoms with Gasteiger partial charge in [0.05, 0.1) is 0 Å². The minimum Gasteiger partial charge on any atom is -0.468 e. The maximum absolute atomic E-state index is 11.7. The maximum atomic E-state index is 11.7. The van der Waals surface area contributed by atoms with Crippen LogP contribution in [0.3, 0.4) is 0 Å². The zero-order valence-electron chi connectivity index (χ0n) is 10.7. The number of aromatic nitrogens is 2. The lowest BCUT2D eigenvalue weighted by atomic mass is 10.3. The lowest BCUT2D eigenvalue weighted by Gasteiger charge is -2.20. The Bertz CT molecular complexity index is 744. The minimum absolute atomic E-state index is 0.175. The topological polar surface area (TPSA) is 162 Å². The molecule has 0 radical (unpaired) electrons. The monoisotopic (exact) mass is 320 g/mol. The van der Waals surface area contributed by atoms with Gasteiger partial charge in [-0.2, -0.15) is 0 Å². The molecular weight excluding hydrogens is 307 g/mol.